The minimum absolute atomic E-state index is 0.0158. The Bertz CT molecular complexity index is 421. The average molecular weight is 292 g/mol. The van der Waals surface area contributed by atoms with E-state index in [-0.39, 0.29) is 11.4 Å². The maximum Gasteiger partial charge on any atom is 0.234 e. The summed E-state index contributed by atoms with van der Waals surface area (Å²) in [5.74, 6) is 0.916. The summed E-state index contributed by atoms with van der Waals surface area (Å²) >= 11 is 0. The van der Waals surface area contributed by atoms with Crippen molar-refractivity contribution < 1.29 is 9.53 Å². The number of carbonyl (C=O) groups excluding carboxylic acids is 1. The van der Waals surface area contributed by atoms with E-state index in [1.807, 2.05) is 45.0 Å². The standard InChI is InChI=1S/C17H28N2O2/c1-5-6-11-21-15-9-7-14(8-10-15)12-18-13-16(20)19-17(2,3)4/h7-10,18H,5-6,11-13H2,1-4H3,(H,19,20). The number of hydrogen-bond donors (Lipinski definition) is 2. The molecular weight excluding hydrogens is 264 g/mol. The molecule has 0 aromatic heterocycles. The van der Waals surface area contributed by atoms with Crippen molar-refractivity contribution in [1.29, 1.82) is 0 Å². The van der Waals surface area contributed by atoms with Gasteiger partial charge in [-0.05, 0) is 44.9 Å². The number of unbranched alkanes of at least 4 members (excludes halogenated alkanes) is 1. The zero-order valence-corrected chi connectivity index (χ0v) is 13.7. The lowest BCUT2D eigenvalue weighted by atomic mass is 10.1. The molecule has 0 saturated carbocycles. The molecule has 0 saturated heterocycles. The fourth-order valence-electron chi connectivity index (χ4n) is 1.82. The SMILES string of the molecule is CCCCOc1ccc(CNCC(=O)NC(C)(C)C)cc1. The van der Waals surface area contributed by atoms with Gasteiger partial charge < -0.3 is 15.4 Å². The predicted molar refractivity (Wildman–Crippen MR) is 86.4 cm³/mol. The Labute approximate surface area is 128 Å². The van der Waals surface area contributed by atoms with Gasteiger partial charge in [-0.25, -0.2) is 0 Å². The van der Waals surface area contributed by atoms with E-state index in [9.17, 15) is 4.79 Å². The summed E-state index contributed by atoms with van der Waals surface area (Å²) in [4.78, 5) is 11.7. The Morgan fingerprint density at radius 3 is 2.43 bits per heavy atom. The molecule has 0 aliphatic heterocycles. The van der Waals surface area contributed by atoms with Gasteiger partial charge in [0.25, 0.3) is 0 Å². The topological polar surface area (TPSA) is 50.4 Å². The van der Waals surface area contributed by atoms with Crippen LogP contribution in [0, 0.1) is 0 Å². The minimum Gasteiger partial charge on any atom is -0.494 e. The van der Waals surface area contributed by atoms with Gasteiger partial charge in [0.1, 0.15) is 5.75 Å². The van der Waals surface area contributed by atoms with Gasteiger partial charge in [-0.1, -0.05) is 25.5 Å². The Kier molecular flexibility index (Phi) is 7.23. The molecule has 0 bridgehead atoms. The van der Waals surface area contributed by atoms with Crippen LogP contribution in [-0.4, -0.2) is 24.6 Å². The van der Waals surface area contributed by atoms with E-state index in [1.165, 1.54) is 0 Å². The zero-order valence-electron chi connectivity index (χ0n) is 13.7. The Hall–Kier alpha value is -1.55. The first-order valence-corrected chi connectivity index (χ1v) is 7.64. The van der Waals surface area contributed by atoms with Crippen molar-refractivity contribution in [3.63, 3.8) is 0 Å². The van der Waals surface area contributed by atoms with E-state index in [0.29, 0.717) is 13.1 Å². The van der Waals surface area contributed by atoms with Crippen molar-refractivity contribution in [3.05, 3.63) is 29.8 Å². The van der Waals surface area contributed by atoms with Crippen LogP contribution in [0.3, 0.4) is 0 Å². The van der Waals surface area contributed by atoms with Crippen molar-refractivity contribution >= 4 is 5.91 Å². The fourth-order valence-corrected chi connectivity index (χ4v) is 1.82. The molecule has 0 unspecified atom stereocenters. The third kappa shape index (κ3) is 8.35. The predicted octanol–water partition coefficient (Wildman–Crippen LogP) is 2.87. The summed E-state index contributed by atoms with van der Waals surface area (Å²) in [5, 5.41) is 6.06. The van der Waals surface area contributed by atoms with E-state index in [4.69, 9.17) is 4.74 Å². The average Bonchev–Trinajstić information content (AvgIpc) is 2.39. The van der Waals surface area contributed by atoms with Crippen LogP contribution < -0.4 is 15.4 Å². The normalized spacial score (nSPS) is 11.2. The summed E-state index contributed by atoms with van der Waals surface area (Å²) in [6, 6.07) is 8.00. The zero-order chi connectivity index (χ0) is 15.7. The fraction of sp³-hybridized carbons (Fsp3) is 0.588. The molecule has 0 aliphatic carbocycles. The highest BCUT2D eigenvalue weighted by Crippen LogP contribution is 2.12. The first-order valence-electron chi connectivity index (χ1n) is 7.64. The third-order valence-electron chi connectivity index (χ3n) is 2.82. The number of carbonyl (C=O) groups is 1. The second-order valence-electron chi connectivity index (χ2n) is 6.25. The van der Waals surface area contributed by atoms with Gasteiger partial charge in [0.15, 0.2) is 0 Å². The Morgan fingerprint density at radius 2 is 1.86 bits per heavy atom. The molecule has 0 atom stereocenters. The van der Waals surface area contributed by atoms with Crippen molar-refractivity contribution in [3.8, 4) is 5.75 Å². The van der Waals surface area contributed by atoms with Gasteiger partial charge in [-0.2, -0.15) is 0 Å². The summed E-state index contributed by atoms with van der Waals surface area (Å²) in [5.41, 5.74) is 0.956. The molecule has 1 aromatic rings. The van der Waals surface area contributed by atoms with Crippen LogP contribution in [0.2, 0.25) is 0 Å². The van der Waals surface area contributed by atoms with Gasteiger partial charge in [0, 0.05) is 12.1 Å². The number of hydrogen-bond acceptors (Lipinski definition) is 3. The third-order valence-corrected chi connectivity index (χ3v) is 2.82. The van der Waals surface area contributed by atoms with E-state index >= 15 is 0 Å². The maximum atomic E-state index is 11.7. The molecule has 1 aromatic carbocycles. The van der Waals surface area contributed by atoms with Crippen LogP contribution in [0.25, 0.3) is 0 Å². The molecule has 1 rings (SSSR count). The summed E-state index contributed by atoms with van der Waals surface area (Å²) in [6.45, 7) is 9.83. The van der Waals surface area contributed by atoms with E-state index in [2.05, 4.69) is 17.6 Å². The number of amides is 1. The lowest BCUT2D eigenvalue weighted by Crippen LogP contribution is -2.44. The van der Waals surface area contributed by atoms with Crippen LogP contribution in [-0.2, 0) is 11.3 Å². The van der Waals surface area contributed by atoms with Crippen LogP contribution in [0.5, 0.6) is 5.75 Å². The van der Waals surface area contributed by atoms with Crippen LogP contribution >= 0.6 is 0 Å². The molecule has 2 N–H and O–H groups in total. The number of nitrogens with one attached hydrogen (secondary N) is 2. The maximum absolute atomic E-state index is 11.7. The Balaban J connectivity index is 2.28. The largest absolute Gasteiger partial charge is 0.494 e. The van der Waals surface area contributed by atoms with Gasteiger partial charge in [-0.3, -0.25) is 4.79 Å². The lowest BCUT2D eigenvalue weighted by molar-refractivity contribution is -0.121. The van der Waals surface area contributed by atoms with Gasteiger partial charge >= 0.3 is 0 Å². The van der Waals surface area contributed by atoms with Crippen molar-refractivity contribution in [2.24, 2.45) is 0 Å². The van der Waals surface area contributed by atoms with Crippen LogP contribution in [0.1, 0.15) is 46.1 Å². The monoisotopic (exact) mass is 292 g/mol. The molecule has 4 heteroatoms. The van der Waals surface area contributed by atoms with Crippen molar-refractivity contribution in [2.75, 3.05) is 13.2 Å². The quantitative estimate of drug-likeness (QED) is 0.724. The number of ether oxygens (including phenoxy) is 1. The Morgan fingerprint density at radius 1 is 1.19 bits per heavy atom. The molecule has 0 spiro atoms. The summed E-state index contributed by atoms with van der Waals surface area (Å²) in [6.07, 6.45) is 2.21. The second-order valence-corrected chi connectivity index (χ2v) is 6.25. The smallest absolute Gasteiger partial charge is 0.234 e. The van der Waals surface area contributed by atoms with Gasteiger partial charge in [0.2, 0.25) is 5.91 Å². The van der Waals surface area contributed by atoms with E-state index in [0.717, 1.165) is 30.8 Å². The highest BCUT2D eigenvalue weighted by Gasteiger charge is 2.12. The van der Waals surface area contributed by atoms with Crippen molar-refractivity contribution in [1.82, 2.24) is 10.6 Å². The highest BCUT2D eigenvalue weighted by molar-refractivity contribution is 5.78. The minimum atomic E-state index is -0.184. The molecule has 0 fully saturated rings. The number of rotatable bonds is 8. The van der Waals surface area contributed by atoms with E-state index in [1.54, 1.807) is 0 Å². The molecule has 0 heterocycles. The molecule has 118 valence electrons. The summed E-state index contributed by atoms with van der Waals surface area (Å²) in [7, 11) is 0. The van der Waals surface area contributed by atoms with Crippen LogP contribution in [0.4, 0.5) is 0 Å². The highest BCUT2D eigenvalue weighted by atomic mass is 16.5. The summed E-state index contributed by atoms with van der Waals surface area (Å²) < 4.78 is 5.61. The molecule has 4 nitrogen and oxygen atoms in total. The van der Waals surface area contributed by atoms with Gasteiger partial charge in [0.05, 0.1) is 13.2 Å². The molecule has 0 radical (unpaired) electrons. The second kappa shape index (κ2) is 8.67. The van der Waals surface area contributed by atoms with E-state index < -0.39 is 0 Å². The van der Waals surface area contributed by atoms with Gasteiger partial charge in [-0.15, -0.1) is 0 Å². The van der Waals surface area contributed by atoms with Crippen molar-refractivity contribution in [2.45, 2.75) is 52.6 Å². The number of benzene rings is 1. The molecule has 21 heavy (non-hydrogen) atoms. The van der Waals surface area contributed by atoms with Crippen LogP contribution in [0.15, 0.2) is 24.3 Å². The molecule has 0 aliphatic rings. The lowest BCUT2D eigenvalue weighted by Gasteiger charge is -2.20. The molecular formula is C17H28N2O2. The first kappa shape index (κ1) is 17.5. The first-order chi connectivity index (χ1) is 9.90. The molecule has 1 amide bonds.